The summed E-state index contributed by atoms with van der Waals surface area (Å²) in [5, 5.41) is 24.8. The van der Waals surface area contributed by atoms with Crippen LogP contribution < -0.4 is 10.6 Å². The Labute approximate surface area is 171 Å². The van der Waals surface area contributed by atoms with Gasteiger partial charge in [0.15, 0.2) is 6.10 Å². The Hall–Kier alpha value is -2.61. The molecule has 0 saturated carbocycles. The van der Waals surface area contributed by atoms with E-state index in [9.17, 15) is 24.6 Å². The Morgan fingerprint density at radius 2 is 1.66 bits per heavy atom. The average molecular weight is 408 g/mol. The Morgan fingerprint density at radius 1 is 1.07 bits per heavy atom. The predicted octanol–water partition coefficient (Wildman–Crippen LogP) is 2.10. The van der Waals surface area contributed by atoms with Crippen LogP contribution in [0.5, 0.6) is 0 Å². The van der Waals surface area contributed by atoms with Crippen LogP contribution in [0.3, 0.4) is 0 Å². The van der Waals surface area contributed by atoms with Gasteiger partial charge in [-0.15, -0.1) is 0 Å². The zero-order valence-electron chi connectivity index (χ0n) is 17.6. The lowest BCUT2D eigenvalue weighted by atomic mass is 9.99. The molecule has 2 amide bonds. The van der Waals surface area contributed by atoms with Crippen molar-refractivity contribution < 1.29 is 29.3 Å². The van der Waals surface area contributed by atoms with Crippen LogP contribution in [0.1, 0.15) is 46.6 Å². The molecule has 8 nitrogen and oxygen atoms in total. The number of carbonyl (C=O) groups is 3. The van der Waals surface area contributed by atoms with Crippen molar-refractivity contribution in [1.29, 1.82) is 0 Å². The van der Waals surface area contributed by atoms with Crippen molar-refractivity contribution in [3.8, 4) is 0 Å². The fourth-order valence-corrected chi connectivity index (χ4v) is 2.70. The Bertz CT molecular complexity index is 684. The molecule has 0 aliphatic rings. The molecule has 8 heteroatoms. The van der Waals surface area contributed by atoms with Gasteiger partial charge in [0.25, 0.3) is 5.91 Å². The number of hydrogen-bond acceptors (Lipinski definition) is 5. The van der Waals surface area contributed by atoms with Gasteiger partial charge in [0.2, 0.25) is 0 Å². The van der Waals surface area contributed by atoms with Crippen LogP contribution in [0, 0.1) is 5.92 Å². The zero-order chi connectivity index (χ0) is 22.2. The van der Waals surface area contributed by atoms with E-state index in [-0.39, 0.29) is 18.8 Å². The van der Waals surface area contributed by atoms with Crippen LogP contribution in [0.15, 0.2) is 30.3 Å². The van der Waals surface area contributed by atoms with Crippen molar-refractivity contribution in [3.05, 3.63) is 35.9 Å². The number of alkyl carbamates (subject to hydrolysis) is 1. The summed E-state index contributed by atoms with van der Waals surface area (Å²) >= 11 is 0. The molecule has 0 fully saturated rings. The van der Waals surface area contributed by atoms with Crippen LogP contribution in [0.4, 0.5) is 4.79 Å². The van der Waals surface area contributed by atoms with E-state index in [4.69, 9.17) is 4.74 Å². The van der Waals surface area contributed by atoms with Gasteiger partial charge in [0.05, 0.1) is 6.04 Å². The number of aliphatic hydroxyl groups is 1. The minimum Gasteiger partial charge on any atom is -0.480 e. The maximum atomic E-state index is 12.5. The van der Waals surface area contributed by atoms with Gasteiger partial charge in [-0.3, -0.25) is 4.79 Å². The van der Waals surface area contributed by atoms with Gasteiger partial charge < -0.3 is 25.6 Å². The van der Waals surface area contributed by atoms with Crippen molar-refractivity contribution >= 4 is 18.0 Å². The number of hydrogen-bond donors (Lipinski definition) is 4. The summed E-state index contributed by atoms with van der Waals surface area (Å²) in [6.45, 7) is 8.77. The maximum absolute atomic E-state index is 12.5. The Balaban J connectivity index is 2.95. The quantitative estimate of drug-likeness (QED) is 0.496. The van der Waals surface area contributed by atoms with Gasteiger partial charge in [0, 0.05) is 0 Å². The first-order valence-electron chi connectivity index (χ1n) is 9.63. The first-order valence-corrected chi connectivity index (χ1v) is 9.63. The molecule has 0 saturated heterocycles. The topological polar surface area (TPSA) is 125 Å². The molecule has 29 heavy (non-hydrogen) atoms. The SMILES string of the molecule is CC(C)C[C@H](NC(=O)[C@@H](O)[C@@H](Cc1ccccc1)NC(=O)OC(C)(C)C)C(=O)O. The second-order valence-corrected chi connectivity index (χ2v) is 8.42. The molecular formula is C21H32N2O6. The first-order chi connectivity index (χ1) is 13.4. The summed E-state index contributed by atoms with van der Waals surface area (Å²) in [4.78, 5) is 36.1. The molecule has 4 N–H and O–H groups in total. The summed E-state index contributed by atoms with van der Waals surface area (Å²) in [5.41, 5.74) is 0.0395. The van der Waals surface area contributed by atoms with Gasteiger partial charge in [-0.2, -0.15) is 0 Å². The molecule has 162 valence electrons. The smallest absolute Gasteiger partial charge is 0.407 e. The van der Waals surface area contributed by atoms with Crippen LogP contribution in [0.2, 0.25) is 0 Å². The van der Waals surface area contributed by atoms with E-state index in [1.54, 1.807) is 45.0 Å². The van der Waals surface area contributed by atoms with Gasteiger partial charge in [-0.25, -0.2) is 9.59 Å². The number of carboxylic acid groups (broad SMARTS) is 1. The van der Waals surface area contributed by atoms with E-state index in [0.717, 1.165) is 5.56 Å². The number of amides is 2. The summed E-state index contributed by atoms with van der Waals surface area (Å²) < 4.78 is 5.22. The fraction of sp³-hybridized carbons (Fsp3) is 0.571. The van der Waals surface area contributed by atoms with Crippen LogP contribution in [-0.2, 0) is 20.7 Å². The molecule has 0 aromatic heterocycles. The molecule has 0 spiro atoms. The molecule has 0 bridgehead atoms. The number of carboxylic acids is 1. The summed E-state index contributed by atoms with van der Waals surface area (Å²) in [6.07, 6.45) is -2.05. The van der Waals surface area contributed by atoms with Crippen LogP contribution in [0.25, 0.3) is 0 Å². The molecule has 0 unspecified atom stereocenters. The third-order valence-corrected chi connectivity index (χ3v) is 3.97. The Kier molecular flexibility index (Phi) is 9.10. The van der Waals surface area contributed by atoms with Gasteiger partial charge >= 0.3 is 12.1 Å². The van der Waals surface area contributed by atoms with Crippen molar-refractivity contribution in [2.75, 3.05) is 0 Å². The number of aliphatic hydroxyl groups excluding tert-OH is 1. The number of rotatable bonds is 9. The van der Waals surface area contributed by atoms with E-state index in [0.29, 0.717) is 0 Å². The van der Waals surface area contributed by atoms with Crippen LogP contribution >= 0.6 is 0 Å². The highest BCUT2D eigenvalue weighted by Gasteiger charge is 2.32. The lowest BCUT2D eigenvalue weighted by Crippen LogP contribution is -2.55. The summed E-state index contributed by atoms with van der Waals surface area (Å²) in [7, 11) is 0. The molecule has 0 radical (unpaired) electrons. The minimum atomic E-state index is -1.66. The van der Waals surface area contributed by atoms with E-state index >= 15 is 0 Å². The maximum Gasteiger partial charge on any atom is 0.407 e. The van der Waals surface area contributed by atoms with Crippen molar-refractivity contribution in [1.82, 2.24) is 10.6 Å². The van der Waals surface area contributed by atoms with Crippen molar-refractivity contribution in [2.24, 2.45) is 5.92 Å². The Morgan fingerprint density at radius 3 is 2.14 bits per heavy atom. The largest absolute Gasteiger partial charge is 0.480 e. The molecule has 3 atom stereocenters. The fourth-order valence-electron chi connectivity index (χ4n) is 2.70. The van der Waals surface area contributed by atoms with Crippen molar-refractivity contribution in [2.45, 2.75) is 71.2 Å². The van der Waals surface area contributed by atoms with Crippen molar-refractivity contribution in [3.63, 3.8) is 0 Å². The number of ether oxygens (including phenoxy) is 1. The number of aliphatic carboxylic acids is 1. The zero-order valence-corrected chi connectivity index (χ0v) is 17.6. The lowest BCUT2D eigenvalue weighted by molar-refractivity contribution is -0.144. The molecular weight excluding hydrogens is 376 g/mol. The molecule has 1 aromatic carbocycles. The van der Waals surface area contributed by atoms with E-state index in [1.165, 1.54) is 0 Å². The third-order valence-electron chi connectivity index (χ3n) is 3.97. The molecule has 0 aliphatic carbocycles. The molecule has 0 aliphatic heterocycles. The summed E-state index contributed by atoms with van der Waals surface area (Å²) in [5.74, 6) is -2.01. The number of benzene rings is 1. The van der Waals surface area contributed by atoms with E-state index in [1.807, 2.05) is 19.9 Å². The number of carbonyl (C=O) groups excluding carboxylic acids is 2. The van der Waals surface area contributed by atoms with Gasteiger partial charge in [-0.05, 0) is 45.1 Å². The van der Waals surface area contributed by atoms with Gasteiger partial charge in [-0.1, -0.05) is 44.2 Å². The van der Waals surface area contributed by atoms with E-state index in [2.05, 4.69) is 10.6 Å². The average Bonchev–Trinajstić information content (AvgIpc) is 2.58. The second-order valence-electron chi connectivity index (χ2n) is 8.42. The normalized spacial score (nSPS) is 14.6. The highest BCUT2D eigenvalue weighted by atomic mass is 16.6. The first kappa shape index (κ1) is 24.4. The van der Waals surface area contributed by atoms with Crippen LogP contribution in [-0.4, -0.2) is 52.0 Å². The van der Waals surface area contributed by atoms with E-state index < -0.39 is 41.8 Å². The number of nitrogens with one attached hydrogen (secondary N) is 2. The standard InChI is InChI=1S/C21H32N2O6/c1-13(2)11-16(19(26)27)22-18(25)17(24)15(12-14-9-7-6-8-10-14)23-20(28)29-21(3,4)5/h6-10,13,15-17,24H,11-12H2,1-5H3,(H,22,25)(H,23,28)(H,26,27)/t15-,16+,17+/m1/s1. The van der Waals surface area contributed by atoms with Gasteiger partial charge in [0.1, 0.15) is 11.6 Å². The highest BCUT2D eigenvalue weighted by molar-refractivity contribution is 5.87. The predicted molar refractivity (Wildman–Crippen MR) is 108 cm³/mol. The second kappa shape index (κ2) is 10.8. The molecule has 1 rings (SSSR count). The minimum absolute atomic E-state index is 0.0357. The highest BCUT2D eigenvalue weighted by Crippen LogP contribution is 2.12. The summed E-state index contributed by atoms with van der Waals surface area (Å²) in [6, 6.07) is 6.90. The molecule has 0 heterocycles. The third kappa shape index (κ3) is 9.43. The molecule has 1 aromatic rings. The lowest BCUT2D eigenvalue weighted by Gasteiger charge is -2.27. The monoisotopic (exact) mass is 408 g/mol.